The van der Waals surface area contributed by atoms with Gasteiger partial charge in [0.05, 0.1) is 0 Å². The van der Waals surface area contributed by atoms with E-state index in [1.54, 1.807) is 0 Å². The van der Waals surface area contributed by atoms with Crippen LogP contribution in [-0.4, -0.2) is 17.5 Å². The monoisotopic (exact) mass is 244 g/mol. The van der Waals surface area contributed by atoms with E-state index in [-0.39, 0.29) is 0 Å². The molecule has 2 nitrogen and oxygen atoms in total. The molecule has 1 rings (SSSR count). The fourth-order valence-corrected chi connectivity index (χ4v) is 3.92. The van der Waals surface area contributed by atoms with Crippen molar-refractivity contribution in [3.63, 3.8) is 0 Å². The van der Waals surface area contributed by atoms with Crippen molar-refractivity contribution >= 4 is 11.8 Å². The highest BCUT2D eigenvalue weighted by Gasteiger charge is 2.19. The van der Waals surface area contributed by atoms with Gasteiger partial charge in [-0.05, 0) is 49.0 Å². The largest absolute Gasteiger partial charge is 0.271 e. The molecule has 1 aliphatic heterocycles. The summed E-state index contributed by atoms with van der Waals surface area (Å²) in [6, 6.07) is 0.537. The van der Waals surface area contributed by atoms with Gasteiger partial charge in [0.1, 0.15) is 0 Å². The van der Waals surface area contributed by atoms with E-state index in [9.17, 15) is 0 Å². The predicted octanol–water partition coefficient (Wildman–Crippen LogP) is 3.18. The van der Waals surface area contributed by atoms with Crippen molar-refractivity contribution in [2.45, 2.75) is 58.4 Å². The smallest absolute Gasteiger partial charge is 0.0215 e. The summed E-state index contributed by atoms with van der Waals surface area (Å²) in [5.74, 6) is 10.1. The van der Waals surface area contributed by atoms with E-state index < -0.39 is 0 Å². The lowest BCUT2D eigenvalue weighted by Crippen LogP contribution is -2.38. The van der Waals surface area contributed by atoms with Crippen molar-refractivity contribution in [2.75, 3.05) is 11.5 Å². The number of hydrazine groups is 1. The number of rotatable bonds is 7. The first-order valence-corrected chi connectivity index (χ1v) is 7.95. The summed E-state index contributed by atoms with van der Waals surface area (Å²) in [7, 11) is 0. The Bertz CT molecular complexity index is 169. The van der Waals surface area contributed by atoms with Gasteiger partial charge in [-0.3, -0.25) is 11.3 Å². The summed E-state index contributed by atoms with van der Waals surface area (Å²) in [6.45, 7) is 4.62. The lowest BCUT2D eigenvalue weighted by Gasteiger charge is -2.27. The minimum Gasteiger partial charge on any atom is -0.271 e. The van der Waals surface area contributed by atoms with Gasteiger partial charge in [0.25, 0.3) is 0 Å². The van der Waals surface area contributed by atoms with Crippen LogP contribution in [0.15, 0.2) is 0 Å². The van der Waals surface area contributed by atoms with Gasteiger partial charge in [0.15, 0.2) is 0 Å². The number of hydrogen-bond donors (Lipinski definition) is 2. The molecule has 0 aromatic rings. The maximum Gasteiger partial charge on any atom is 0.0215 e. The minimum atomic E-state index is 0.537. The zero-order valence-electron chi connectivity index (χ0n) is 10.9. The second-order valence-corrected chi connectivity index (χ2v) is 6.51. The Hall–Kier alpha value is 0.270. The lowest BCUT2D eigenvalue weighted by atomic mass is 9.89. The van der Waals surface area contributed by atoms with E-state index in [1.165, 1.54) is 50.0 Å². The van der Waals surface area contributed by atoms with Gasteiger partial charge in [-0.1, -0.05) is 26.7 Å². The Morgan fingerprint density at radius 1 is 1.38 bits per heavy atom. The van der Waals surface area contributed by atoms with Crippen LogP contribution in [0.2, 0.25) is 0 Å². The standard InChI is InChI=1S/C13H28N2S/c1-3-4-11(2)9-13(15-14)10-12-5-7-16-8-6-12/h11-13,15H,3-10,14H2,1-2H3. The number of nitrogens with one attached hydrogen (secondary N) is 1. The van der Waals surface area contributed by atoms with Crippen LogP contribution in [0.4, 0.5) is 0 Å². The topological polar surface area (TPSA) is 38.0 Å². The number of thioether (sulfide) groups is 1. The first kappa shape index (κ1) is 14.3. The molecule has 1 saturated heterocycles. The summed E-state index contributed by atoms with van der Waals surface area (Å²) in [4.78, 5) is 0. The summed E-state index contributed by atoms with van der Waals surface area (Å²) in [5.41, 5.74) is 3.03. The average Bonchev–Trinajstić information content (AvgIpc) is 2.30. The van der Waals surface area contributed by atoms with Gasteiger partial charge >= 0.3 is 0 Å². The molecule has 1 fully saturated rings. The van der Waals surface area contributed by atoms with Gasteiger partial charge in [0.2, 0.25) is 0 Å². The van der Waals surface area contributed by atoms with Crippen LogP contribution in [0.3, 0.4) is 0 Å². The third-order valence-corrected chi connectivity index (χ3v) is 4.71. The van der Waals surface area contributed by atoms with Crippen LogP contribution in [0.1, 0.15) is 52.4 Å². The van der Waals surface area contributed by atoms with Crippen molar-refractivity contribution < 1.29 is 0 Å². The quantitative estimate of drug-likeness (QED) is 0.533. The Morgan fingerprint density at radius 2 is 2.06 bits per heavy atom. The Balaban J connectivity index is 2.24. The van der Waals surface area contributed by atoms with Crippen LogP contribution in [0, 0.1) is 11.8 Å². The molecule has 3 heteroatoms. The van der Waals surface area contributed by atoms with Gasteiger partial charge in [-0.2, -0.15) is 11.8 Å². The maximum atomic E-state index is 5.68. The molecule has 0 radical (unpaired) electrons. The average molecular weight is 244 g/mol. The Morgan fingerprint density at radius 3 is 2.62 bits per heavy atom. The first-order chi connectivity index (χ1) is 7.76. The van der Waals surface area contributed by atoms with Crippen LogP contribution < -0.4 is 11.3 Å². The maximum absolute atomic E-state index is 5.68. The molecule has 96 valence electrons. The van der Waals surface area contributed by atoms with E-state index >= 15 is 0 Å². The molecule has 0 bridgehead atoms. The summed E-state index contributed by atoms with van der Waals surface area (Å²) in [6.07, 6.45) is 7.94. The Labute approximate surface area is 105 Å². The second kappa shape index (κ2) is 8.37. The highest BCUT2D eigenvalue weighted by atomic mass is 32.2. The zero-order chi connectivity index (χ0) is 11.8. The molecular formula is C13H28N2S. The SMILES string of the molecule is CCCC(C)CC(CC1CCSCC1)NN. The third-order valence-electron chi connectivity index (χ3n) is 3.66. The van der Waals surface area contributed by atoms with E-state index in [0.717, 1.165) is 11.8 Å². The van der Waals surface area contributed by atoms with E-state index in [2.05, 4.69) is 31.0 Å². The molecule has 2 unspecified atom stereocenters. The van der Waals surface area contributed by atoms with Crippen molar-refractivity contribution in [3.05, 3.63) is 0 Å². The minimum absolute atomic E-state index is 0.537. The molecule has 1 heterocycles. The first-order valence-electron chi connectivity index (χ1n) is 6.80. The molecule has 0 aromatic carbocycles. The molecule has 16 heavy (non-hydrogen) atoms. The van der Waals surface area contributed by atoms with Crippen LogP contribution in [-0.2, 0) is 0 Å². The molecule has 0 aliphatic carbocycles. The molecule has 3 N–H and O–H groups in total. The van der Waals surface area contributed by atoms with Gasteiger partial charge < -0.3 is 0 Å². The molecule has 1 aliphatic rings. The van der Waals surface area contributed by atoms with Crippen molar-refractivity contribution in [1.82, 2.24) is 5.43 Å². The predicted molar refractivity (Wildman–Crippen MR) is 74.5 cm³/mol. The van der Waals surface area contributed by atoms with E-state index in [4.69, 9.17) is 5.84 Å². The fourth-order valence-electron chi connectivity index (χ4n) is 2.71. The normalized spacial score (nSPS) is 21.9. The van der Waals surface area contributed by atoms with E-state index in [0.29, 0.717) is 6.04 Å². The summed E-state index contributed by atoms with van der Waals surface area (Å²) < 4.78 is 0. The van der Waals surface area contributed by atoms with Crippen LogP contribution in [0.25, 0.3) is 0 Å². The lowest BCUT2D eigenvalue weighted by molar-refractivity contribution is 0.313. The molecular weight excluding hydrogens is 216 g/mol. The van der Waals surface area contributed by atoms with Gasteiger partial charge in [-0.25, -0.2) is 0 Å². The molecule has 0 aromatic heterocycles. The highest BCUT2D eigenvalue weighted by Crippen LogP contribution is 2.28. The molecule has 0 amide bonds. The van der Waals surface area contributed by atoms with Gasteiger partial charge in [-0.15, -0.1) is 0 Å². The zero-order valence-corrected chi connectivity index (χ0v) is 11.7. The van der Waals surface area contributed by atoms with Crippen molar-refractivity contribution in [3.8, 4) is 0 Å². The van der Waals surface area contributed by atoms with Crippen LogP contribution >= 0.6 is 11.8 Å². The van der Waals surface area contributed by atoms with Crippen LogP contribution in [0.5, 0.6) is 0 Å². The molecule has 2 atom stereocenters. The Kier molecular flexibility index (Phi) is 7.50. The van der Waals surface area contributed by atoms with E-state index in [1.807, 2.05) is 0 Å². The number of nitrogens with two attached hydrogens (primary N) is 1. The highest BCUT2D eigenvalue weighted by molar-refractivity contribution is 7.99. The summed E-state index contributed by atoms with van der Waals surface area (Å²) in [5, 5.41) is 0. The fraction of sp³-hybridized carbons (Fsp3) is 1.00. The third kappa shape index (κ3) is 5.55. The second-order valence-electron chi connectivity index (χ2n) is 5.28. The number of hydrogen-bond acceptors (Lipinski definition) is 3. The molecule has 0 spiro atoms. The summed E-state index contributed by atoms with van der Waals surface area (Å²) >= 11 is 2.10. The van der Waals surface area contributed by atoms with Crippen molar-refractivity contribution in [1.29, 1.82) is 0 Å². The van der Waals surface area contributed by atoms with Gasteiger partial charge in [0, 0.05) is 6.04 Å². The van der Waals surface area contributed by atoms with Crippen molar-refractivity contribution in [2.24, 2.45) is 17.7 Å². The molecule has 0 saturated carbocycles.